The van der Waals surface area contributed by atoms with Gasteiger partial charge in [-0.1, -0.05) is 0 Å². The minimum absolute atomic E-state index is 0.231. The van der Waals surface area contributed by atoms with Gasteiger partial charge in [-0.15, -0.1) is 0 Å². The largest absolute Gasteiger partial charge is 0.480 e. The molecule has 0 bridgehead atoms. The molecule has 3 nitrogen and oxygen atoms in total. The molecule has 4 heteroatoms. The first-order chi connectivity index (χ1) is 4.22. The van der Waals surface area contributed by atoms with E-state index in [0.717, 1.165) is 19.4 Å². The summed E-state index contributed by atoms with van der Waals surface area (Å²) in [4.78, 5) is 10.4. The fraction of sp³-hybridized carbons (Fsp3) is 0.800. The lowest BCUT2D eigenvalue weighted by Crippen LogP contribution is -2.27. The summed E-state index contributed by atoms with van der Waals surface area (Å²) in [5.41, 5.74) is 0. The predicted molar refractivity (Wildman–Crippen MR) is 41.4 cm³/mol. The van der Waals surface area contributed by atoms with Crippen LogP contribution in [0.2, 0.25) is 0 Å². The van der Waals surface area contributed by atoms with Crippen molar-refractivity contribution >= 4 is 28.8 Å². The first-order valence-electron chi connectivity index (χ1n) is 2.87. The molecular weight excluding hydrogens is 233 g/mol. The number of carboxylic acid groups (broad SMARTS) is 1. The number of nitrogens with zero attached hydrogens (tertiary/aromatic N) is 1. The smallest absolute Gasteiger partial charge is 0.321 e. The van der Waals surface area contributed by atoms with Crippen molar-refractivity contribution in [1.29, 1.82) is 0 Å². The number of hydrogen-bond acceptors (Lipinski definition) is 2. The van der Waals surface area contributed by atoms with Crippen LogP contribution in [0.5, 0.6) is 0 Å². The van der Waals surface area contributed by atoms with Crippen LogP contribution in [0.25, 0.3) is 0 Å². The molecule has 1 unspecified atom stereocenters. The van der Waals surface area contributed by atoms with Crippen molar-refractivity contribution < 1.29 is 9.90 Å². The van der Waals surface area contributed by atoms with E-state index in [1.807, 2.05) is 3.11 Å². The van der Waals surface area contributed by atoms with E-state index in [0.29, 0.717) is 0 Å². The normalized spacial score (nSPS) is 28.8. The Kier molecular flexibility index (Phi) is 2.29. The topological polar surface area (TPSA) is 40.5 Å². The van der Waals surface area contributed by atoms with Crippen molar-refractivity contribution in [2.24, 2.45) is 0 Å². The van der Waals surface area contributed by atoms with E-state index in [-0.39, 0.29) is 6.04 Å². The van der Waals surface area contributed by atoms with Gasteiger partial charge in [0.25, 0.3) is 0 Å². The van der Waals surface area contributed by atoms with Gasteiger partial charge >= 0.3 is 5.97 Å². The zero-order chi connectivity index (χ0) is 6.85. The fourth-order valence-electron chi connectivity index (χ4n) is 0.975. The van der Waals surface area contributed by atoms with Crippen LogP contribution in [0.3, 0.4) is 0 Å². The number of rotatable bonds is 1. The summed E-state index contributed by atoms with van der Waals surface area (Å²) in [6, 6.07) is -0.231. The van der Waals surface area contributed by atoms with Gasteiger partial charge in [-0.05, 0) is 12.8 Å². The Morgan fingerprint density at radius 2 is 2.44 bits per heavy atom. The van der Waals surface area contributed by atoms with E-state index in [4.69, 9.17) is 5.11 Å². The number of carboxylic acids is 1. The lowest BCUT2D eigenvalue weighted by Gasteiger charge is -2.10. The monoisotopic (exact) mass is 241 g/mol. The molecule has 0 amide bonds. The molecule has 0 saturated carbocycles. The standard InChI is InChI=1S/C5H8INO2/c6-7-3-1-2-4(7)5(8)9/h4H,1-3H2,(H,8,9). The second kappa shape index (κ2) is 2.83. The molecule has 1 N–H and O–H groups in total. The molecule has 0 aromatic rings. The van der Waals surface area contributed by atoms with Crippen molar-refractivity contribution in [2.45, 2.75) is 18.9 Å². The first-order valence-corrected chi connectivity index (χ1v) is 3.83. The minimum atomic E-state index is -0.693. The second-order valence-corrected chi connectivity index (χ2v) is 3.36. The third kappa shape index (κ3) is 1.54. The van der Waals surface area contributed by atoms with Crippen molar-refractivity contribution in [3.05, 3.63) is 0 Å². The van der Waals surface area contributed by atoms with Crippen molar-refractivity contribution in [3.63, 3.8) is 0 Å². The Balaban J connectivity index is 2.49. The Bertz CT molecular complexity index is 128. The summed E-state index contributed by atoms with van der Waals surface area (Å²) >= 11 is 2.06. The van der Waals surface area contributed by atoms with Crippen molar-refractivity contribution in [2.75, 3.05) is 6.54 Å². The minimum Gasteiger partial charge on any atom is -0.480 e. The molecule has 0 aliphatic carbocycles. The van der Waals surface area contributed by atoms with Crippen LogP contribution in [0.4, 0.5) is 0 Å². The molecule has 1 aliphatic heterocycles. The van der Waals surface area contributed by atoms with Gasteiger partial charge in [0.15, 0.2) is 0 Å². The van der Waals surface area contributed by atoms with Crippen LogP contribution in [-0.4, -0.2) is 26.8 Å². The number of halogens is 1. The highest BCUT2D eigenvalue weighted by molar-refractivity contribution is 14.1. The van der Waals surface area contributed by atoms with Gasteiger partial charge in [0.1, 0.15) is 6.04 Å². The van der Waals surface area contributed by atoms with E-state index in [9.17, 15) is 4.79 Å². The molecular formula is C5H8INO2. The van der Waals surface area contributed by atoms with E-state index >= 15 is 0 Å². The van der Waals surface area contributed by atoms with E-state index in [2.05, 4.69) is 22.9 Å². The van der Waals surface area contributed by atoms with Crippen LogP contribution >= 0.6 is 22.9 Å². The highest BCUT2D eigenvalue weighted by Crippen LogP contribution is 2.20. The Labute approximate surface area is 67.5 Å². The molecule has 52 valence electrons. The van der Waals surface area contributed by atoms with Gasteiger partial charge in [-0.2, -0.15) is 0 Å². The molecule has 0 aromatic heterocycles. The fourth-order valence-corrected chi connectivity index (χ4v) is 1.83. The summed E-state index contributed by atoms with van der Waals surface area (Å²) < 4.78 is 1.85. The van der Waals surface area contributed by atoms with E-state index < -0.39 is 5.97 Å². The molecule has 1 fully saturated rings. The lowest BCUT2D eigenvalue weighted by atomic mass is 10.2. The molecule has 0 spiro atoms. The highest BCUT2D eigenvalue weighted by Gasteiger charge is 2.28. The van der Waals surface area contributed by atoms with Gasteiger partial charge < -0.3 is 5.11 Å². The SMILES string of the molecule is O=C(O)C1CCCN1I. The van der Waals surface area contributed by atoms with Gasteiger partial charge in [-0.25, -0.2) is 3.11 Å². The second-order valence-electron chi connectivity index (χ2n) is 2.12. The first kappa shape index (κ1) is 7.27. The average molecular weight is 241 g/mol. The predicted octanol–water partition coefficient (Wildman–Crippen LogP) is 0.885. The molecule has 9 heavy (non-hydrogen) atoms. The number of carbonyl (C=O) groups is 1. The van der Waals surface area contributed by atoms with Crippen LogP contribution in [0.1, 0.15) is 12.8 Å². The average Bonchev–Trinajstić information content (AvgIpc) is 2.13. The number of hydrogen-bond donors (Lipinski definition) is 1. The van der Waals surface area contributed by atoms with E-state index in [1.165, 1.54) is 0 Å². The quantitative estimate of drug-likeness (QED) is 0.547. The van der Waals surface area contributed by atoms with Crippen LogP contribution in [0.15, 0.2) is 0 Å². The summed E-state index contributed by atoms with van der Waals surface area (Å²) in [6.45, 7) is 0.914. The summed E-state index contributed by atoms with van der Waals surface area (Å²) in [7, 11) is 0. The van der Waals surface area contributed by atoms with Gasteiger partial charge in [0.2, 0.25) is 0 Å². The third-order valence-corrected chi connectivity index (χ3v) is 2.63. The van der Waals surface area contributed by atoms with Gasteiger partial charge in [0, 0.05) is 29.4 Å². The Morgan fingerprint density at radius 1 is 1.78 bits per heavy atom. The zero-order valence-electron chi connectivity index (χ0n) is 4.88. The van der Waals surface area contributed by atoms with Crippen molar-refractivity contribution in [1.82, 2.24) is 3.11 Å². The lowest BCUT2D eigenvalue weighted by molar-refractivity contribution is -0.140. The molecule has 1 aliphatic rings. The Hall–Kier alpha value is 0.160. The van der Waals surface area contributed by atoms with Crippen LogP contribution in [0, 0.1) is 0 Å². The van der Waals surface area contributed by atoms with Crippen LogP contribution in [-0.2, 0) is 4.79 Å². The highest BCUT2D eigenvalue weighted by atomic mass is 127. The van der Waals surface area contributed by atoms with E-state index in [1.54, 1.807) is 0 Å². The third-order valence-electron chi connectivity index (χ3n) is 1.47. The maximum atomic E-state index is 10.4. The summed E-state index contributed by atoms with van der Waals surface area (Å²) in [5.74, 6) is -0.693. The summed E-state index contributed by atoms with van der Waals surface area (Å²) in [5, 5.41) is 8.54. The molecule has 1 heterocycles. The van der Waals surface area contributed by atoms with Crippen molar-refractivity contribution in [3.8, 4) is 0 Å². The summed E-state index contributed by atoms with van der Waals surface area (Å²) in [6.07, 6.45) is 1.82. The Morgan fingerprint density at radius 3 is 2.67 bits per heavy atom. The zero-order valence-corrected chi connectivity index (χ0v) is 7.04. The molecule has 0 radical (unpaired) electrons. The molecule has 1 saturated heterocycles. The van der Waals surface area contributed by atoms with Crippen LogP contribution < -0.4 is 0 Å². The molecule has 0 aromatic carbocycles. The molecule has 1 rings (SSSR count). The van der Waals surface area contributed by atoms with Gasteiger partial charge in [-0.3, -0.25) is 4.79 Å². The number of aliphatic carboxylic acids is 1. The maximum absolute atomic E-state index is 10.4. The van der Waals surface area contributed by atoms with Gasteiger partial charge in [0.05, 0.1) is 0 Å². The molecule has 1 atom stereocenters. The maximum Gasteiger partial charge on any atom is 0.321 e.